The lowest BCUT2D eigenvalue weighted by atomic mass is 9.96. The molecule has 0 spiro atoms. The van der Waals surface area contributed by atoms with Crippen LogP contribution in [-0.2, 0) is 19.1 Å². The fraction of sp³-hybridized carbons (Fsp3) is 0.583. The maximum absolute atomic E-state index is 13.5. The number of carbonyl (C=O) groups excluding carboxylic acids is 4. The van der Waals surface area contributed by atoms with Crippen LogP contribution in [0, 0.1) is 13.8 Å². The first kappa shape index (κ1) is 27.9. The normalized spacial score (nSPS) is 13.1. The van der Waals surface area contributed by atoms with Gasteiger partial charge in [-0.3, -0.25) is 14.4 Å². The molecule has 0 saturated heterocycles. The van der Waals surface area contributed by atoms with E-state index >= 15 is 0 Å². The zero-order valence-electron chi connectivity index (χ0n) is 20.9. The number of primary amides is 1. The van der Waals surface area contributed by atoms with E-state index < -0.39 is 35.6 Å². The number of amides is 4. The number of ether oxygens (including phenoxy) is 1. The highest BCUT2D eigenvalue weighted by molar-refractivity contribution is 5.92. The summed E-state index contributed by atoms with van der Waals surface area (Å²) >= 11 is 0. The minimum atomic E-state index is -1.10. The summed E-state index contributed by atoms with van der Waals surface area (Å²) < 4.78 is 5.27. The molecule has 1 aromatic carbocycles. The first-order valence-corrected chi connectivity index (χ1v) is 11.0. The number of nitrogens with zero attached hydrogens (tertiary/aromatic N) is 1. The zero-order chi connectivity index (χ0) is 25.5. The molecular formula is C24H38N4O5. The van der Waals surface area contributed by atoms with E-state index in [0.717, 1.165) is 11.1 Å². The highest BCUT2D eigenvalue weighted by Crippen LogP contribution is 2.26. The Hall–Kier alpha value is -3.10. The van der Waals surface area contributed by atoms with Crippen LogP contribution >= 0.6 is 0 Å². The fourth-order valence-corrected chi connectivity index (χ4v) is 3.31. The molecule has 4 amide bonds. The third kappa shape index (κ3) is 9.11. The van der Waals surface area contributed by atoms with Crippen LogP contribution in [0.4, 0.5) is 4.79 Å². The highest BCUT2D eigenvalue weighted by atomic mass is 16.6. The Bertz CT molecular complexity index is 876. The van der Waals surface area contributed by atoms with Gasteiger partial charge < -0.3 is 26.0 Å². The molecule has 9 heteroatoms. The number of rotatable bonds is 9. The number of likely N-dealkylation sites (N-methyl/N-ethyl adjacent to an activating group) is 1. The van der Waals surface area contributed by atoms with Gasteiger partial charge in [-0.05, 0) is 66.0 Å². The van der Waals surface area contributed by atoms with Crippen molar-refractivity contribution in [3.63, 3.8) is 0 Å². The lowest BCUT2D eigenvalue weighted by Crippen LogP contribution is -2.52. The summed E-state index contributed by atoms with van der Waals surface area (Å²) in [5.74, 6) is -1.49. The first-order valence-electron chi connectivity index (χ1n) is 11.0. The topological polar surface area (TPSA) is 131 Å². The van der Waals surface area contributed by atoms with Crippen molar-refractivity contribution in [1.82, 2.24) is 15.5 Å². The smallest absolute Gasteiger partial charge is 0.408 e. The highest BCUT2D eigenvalue weighted by Gasteiger charge is 2.35. The van der Waals surface area contributed by atoms with E-state index in [-0.39, 0.29) is 24.8 Å². The van der Waals surface area contributed by atoms with Gasteiger partial charge in [-0.25, -0.2) is 4.79 Å². The van der Waals surface area contributed by atoms with Crippen LogP contribution in [0.5, 0.6) is 0 Å². The number of carbonyl (C=O) groups is 4. The van der Waals surface area contributed by atoms with Gasteiger partial charge in [0.1, 0.15) is 17.7 Å². The van der Waals surface area contributed by atoms with Crippen molar-refractivity contribution in [2.24, 2.45) is 5.73 Å². The maximum Gasteiger partial charge on any atom is 0.408 e. The summed E-state index contributed by atoms with van der Waals surface area (Å²) in [7, 11) is 1.50. The number of nitrogens with two attached hydrogens (primary N) is 1. The van der Waals surface area contributed by atoms with Crippen LogP contribution in [0.2, 0.25) is 0 Å². The van der Waals surface area contributed by atoms with E-state index in [0.29, 0.717) is 5.56 Å². The van der Waals surface area contributed by atoms with Gasteiger partial charge in [0.25, 0.3) is 0 Å². The standard InChI is InChI=1S/C24H38N4O5/c1-14(2)26-21(30)20(17-13-15(3)9-10-16(17)4)28(8)22(31)18(11-12-19(25)29)27-23(32)33-24(5,6)7/h9-10,13-14,18,20H,11-12H2,1-8H3,(H2,25,29)(H,26,30)(H,27,32). The lowest BCUT2D eigenvalue weighted by molar-refractivity contribution is -0.141. The van der Waals surface area contributed by atoms with Crippen LogP contribution in [0.1, 0.15) is 70.2 Å². The number of benzene rings is 1. The summed E-state index contributed by atoms with van der Waals surface area (Å²) in [6, 6.07) is 3.51. The number of alkyl carbamates (subject to hydrolysis) is 1. The molecule has 0 aromatic heterocycles. The van der Waals surface area contributed by atoms with Gasteiger partial charge in [-0.1, -0.05) is 23.8 Å². The molecule has 184 valence electrons. The molecule has 1 rings (SSSR count). The molecule has 0 saturated carbocycles. The van der Waals surface area contributed by atoms with Crippen LogP contribution < -0.4 is 16.4 Å². The molecule has 0 heterocycles. The van der Waals surface area contributed by atoms with Gasteiger partial charge in [0, 0.05) is 19.5 Å². The van der Waals surface area contributed by atoms with Crippen molar-refractivity contribution in [1.29, 1.82) is 0 Å². The summed E-state index contributed by atoms with van der Waals surface area (Å²) in [6.45, 7) is 12.5. The number of nitrogens with one attached hydrogen (secondary N) is 2. The fourth-order valence-electron chi connectivity index (χ4n) is 3.31. The second-order valence-corrected chi connectivity index (χ2v) is 9.58. The Morgan fingerprint density at radius 2 is 1.70 bits per heavy atom. The third-order valence-corrected chi connectivity index (χ3v) is 4.81. The quantitative estimate of drug-likeness (QED) is 0.519. The predicted molar refractivity (Wildman–Crippen MR) is 126 cm³/mol. The third-order valence-electron chi connectivity index (χ3n) is 4.81. The largest absolute Gasteiger partial charge is 0.444 e. The SMILES string of the molecule is Cc1ccc(C)c(C(C(=O)NC(C)C)N(C)C(=O)C(CCC(N)=O)NC(=O)OC(C)(C)C)c1. The second kappa shape index (κ2) is 11.7. The molecule has 0 fully saturated rings. The minimum absolute atomic E-state index is 0.0247. The van der Waals surface area contributed by atoms with Gasteiger partial charge in [-0.2, -0.15) is 0 Å². The van der Waals surface area contributed by atoms with E-state index in [4.69, 9.17) is 10.5 Å². The zero-order valence-corrected chi connectivity index (χ0v) is 20.9. The van der Waals surface area contributed by atoms with E-state index in [1.807, 2.05) is 45.9 Å². The average Bonchev–Trinajstić information content (AvgIpc) is 2.65. The molecule has 33 heavy (non-hydrogen) atoms. The van der Waals surface area contributed by atoms with Crippen LogP contribution in [-0.4, -0.2) is 53.4 Å². The Kier molecular flexibility index (Phi) is 9.88. The monoisotopic (exact) mass is 462 g/mol. The number of aryl methyl sites for hydroxylation is 2. The minimum Gasteiger partial charge on any atom is -0.444 e. The van der Waals surface area contributed by atoms with E-state index in [2.05, 4.69) is 10.6 Å². The number of hydrogen-bond acceptors (Lipinski definition) is 5. The van der Waals surface area contributed by atoms with Crippen molar-refractivity contribution < 1.29 is 23.9 Å². The van der Waals surface area contributed by atoms with Crippen LogP contribution in [0.25, 0.3) is 0 Å². The molecule has 4 N–H and O–H groups in total. The predicted octanol–water partition coefficient (Wildman–Crippen LogP) is 2.49. The molecule has 0 radical (unpaired) electrons. The van der Waals surface area contributed by atoms with Crippen LogP contribution in [0.3, 0.4) is 0 Å². The van der Waals surface area contributed by atoms with Gasteiger partial charge in [0.2, 0.25) is 17.7 Å². The van der Waals surface area contributed by atoms with E-state index in [1.165, 1.54) is 11.9 Å². The first-order chi connectivity index (χ1) is 15.1. The number of hydrogen-bond donors (Lipinski definition) is 3. The molecule has 0 aliphatic carbocycles. The van der Waals surface area contributed by atoms with Gasteiger partial charge in [0.15, 0.2) is 0 Å². The summed E-state index contributed by atoms with van der Waals surface area (Å²) in [4.78, 5) is 51.7. The molecule has 1 aromatic rings. The molecule has 2 unspecified atom stereocenters. The van der Waals surface area contributed by atoms with Gasteiger partial charge in [0.05, 0.1) is 0 Å². The van der Waals surface area contributed by atoms with Crippen molar-refractivity contribution in [3.8, 4) is 0 Å². The molecule has 9 nitrogen and oxygen atoms in total. The van der Waals surface area contributed by atoms with Crippen molar-refractivity contribution in [3.05, 3.63) is 34.9 Å². The molecule has 2 atom stereocenters. The molecule has 0 aliphatic rings. The summed E-state index contributed by atoms with van der Waals surface area (Å²) in [5, 5.41) is 5.40. The Morgan fingerprint density at radius 3 is 2.21 bits per heavy atom. The van der Waals surface area contributed by atoms with Crippen molar-refractivity contribution in [2.75, 3.05) is 7.05 Å². The maximum atomic E-state index is 13.5. The summed E-state index contributed by atoms with van der Waals surface area (Å²) in [6.07, 6.45) is -0.941. The summed E-state index contributed by atoms with van der Waals surface area (Å²) in [5.41, 5.74) is 6.96. The van der Waals surface area contributed by atoms with Gasteiger partial charge in [-0.15, -0.1) is 0 Å². The Balaban J connectivity index is 3.33. The van der Waals surface area contributed by atoms with E-state index in [1.54, 1.807) is 20.8 Å². The van der Waals surface area contributed by atoms with Crippen molar-refractivity contribution in [2.45, 2.75) is 85.0 Å². The van der Waals surface area contributed by atoms with Crippen LogP contribution in [0.15, 0.2) is 18.2 Å². The Morgan fingerprint density at radius 1 is 1.09 bits per heavy atom. The molecule has 0 aliphatic heterocycles. The van der Waals surface area contributed by atoms with Gasteiger partial charge >= 0.3 is 6.09 Å². The van der Waals surface area contributed by atoms with Crippen molar-refractivity contribution >= 4 is 23.8 Å². The second-order valence-electron chi connectivity index (χ2n) is 9.58. The Labute approximate surface area is 196 Å². The molecular weight excluding hydrogens is 424 g/mol. The van der Waals surface area contributed by atoms with E-state index in [9.17, 15) is 19.2 Å². The lowest BCUT2D eigenvalue weighted by Gasteiger charge is -2.33. The molecule has 0 bridgehead atoms. The average molecular weight is 463 g/mol.